The number of ketones is 1. The molecule has 7 nitrogen and oxygen atoms in total. The van der Waals surface area contributed by atoms with Gasteiger partial charge in [-0.1, -0.05) is 41.5 Å². The maximum atomic E-state index is 11.7. The van der Waals surface area contributed by atoms with Gasteiger partial charge < -0.3 is 28.4 Å². The normalized spacial score (nSPS) is 12.5. The summed E-state index contributed by atoms with van der Waals surface area (Å²) in [6, 6.07) is 0. The predicted molar refractivity (Wildman–Crippen MR) is 118 cm³/mol. The molecule has 0 fully saturated rings. The summed E-state index contributed by atoms with van der Waals surface area (Å²) < 4.78 is 32.7. The molecular weight excluding hydrogens is 388 g/mol. The average Bonchev–Trinajstić information content (AvgIpc) is 2.64. The highest BCUT2D eigenvalue weighted by Crippen LogP contribution is 2.17. The zero-order valence-corrected chi connectivity index (χ0v) is 20.3. The minimum absolute atomic E-state index is 0.214. The van der Waals surface area contributed by atoms with Crippen molar-refractivity contribution >= 4 is 5.78 Å². The van der Waals surface area contributed by atoms with Crippen LogP contribution in [0.3, 0.4) is 0 Å². The molecule has 0 saturated heterocycles. The topological polar surface area (TPSA) is 72.5 Å². The van der Waals surface area contributed by atoms with E-state index in [9.17, 15) is 4.79 Å². The van der Waals surface area contributed by atoms with E-state index in [1.54, 1.807) is 0 Å². The lowest BCUT2D eigenvalue weighted by Crippen LogP contribution is -2.22. The van der Waals surface area contributed by atoms with Crippen molar-refractivity contribution in [2.45, 2.75) is 54.4 Å². The molecule has 0 aliphatic heterocycles. The fourth-order valence-corrected chi connectivity index (χ4v) is 2.12. The highest BCUT2D eigenvalue weighted by atomic mass is 16.6. The fraction of sp³-hybridized carbons (Fsp3) is 0.957. The van der Waals surface area contributed by atoms with E-state index in [-0.39, 0.29) is 11.2 Å². The van der Waals surface area contributed by atoms with Crippen molar-refractivity contribution in [3.8, 4) is 0 Å². The van der Waals surface area contributed by atoms with E-state index in [4.69, 9.17) is 28.4 Å². The highest BCUT2D eigenvalue weighted by molar-refractivity contribution is 5.83. The van der Waals surface area contributed by atoms with Crippen molar-refractivity contribution in [3.05, 3.63) is 0 Å². The summed E-state index contributed by atoms with van der Waals surface area (Å²) >= 11 is 0. The predicted octanol–water partition coefficient (Wildman–Crippen LogP) is 3.53. The van der Waals surface area contributed by atoms with E-state index in [0.717, 1.165) is 13.0 Å². The number of Topliss-reactive ketones (excluding diaryl/α,β-unsaturated/α-hetero) is 1. The molecule has 0 saturated carbocycles. The molecule has 0 aliphatic carbocycles. The molecule has 0 heterocycles. The van der Waals surface area contributed by atoms with Crippen molar-refractivity contribution in [2.24, 2.45) is 10.8 Å². The third kappa shape index (κ3) is 22.1. The van der Waals surface area contributed by atoms with Crippen molar-refractivity contribution in [3.63, 3.8) is 0 Å². The Morgan fingerprint density at radius 2 is 0.800 bits per heavy atom. The third-order valence-corrected chi connectivity index (χ3v) is 4.17. The van der Waals surface area contributed by atoms with E-state index in [0.29, 0.717) is 84.5 Å². The number of carbonyl (C=O) groups excluding carboxylic acids is 1. The second kappa shape index (κ2) is 18.0. The zero-order chi connectivity index (χ0) is 22.7. The molecule has 0 rings (SSSR count). The van der Waals surface area contributed by atoms with Gasteiger partial charge in [-0.05, 0) is 11.8 Å². The summed E-state index contributed by atoms with van der Waals surface area (Å²) in [6.07, 6.45) is 1.50. The van der Waals surface area contributed by atoms with Gasteiger partial charge in [0.05, 0.1) is 72.7 Å². The molecule has 0 aliphatic rings. The minimum atomic E-state index is -0.297. The van der Waals surface area contributed by atoms with Crippen molar-refractivity contribution in [1.82, 2.24) is 0 Å². The average molecular weight is 435 g/mol. The van der Waals surface area contributed by atoms with Gasteiger partial charge in [-0.3, -0.25) is 4.79 Å². The molecule has 0 aromatic carbocycles. The lowest BCUT2D eigenvalue weighted by Gasteiger charge is -2.17. The van der Waals surface area contributed by atoms with Crippen LogP contribution in [-0.4, -0.2) is 85.1 Å². The highest BCUT2D eigenvalue weighted by Gasteiger charge is 2.20. The first-order chi connectivity index (χ1) is 14.1. The Hall–Kier alpha value is -0.570. The SMILES string of the molecule is CC(C)(C)CCOCCOCCOCCOCCOCCOCCC(=O)C(C)(C)C. The molecule has 0 amide bonds. The standard InChI is InChI=1S/C23H46O7/c1-22(2,3)8-10-26-12-14-28-16-18-30-20-19-29-17-15-27-13-11-25-9-7-21(24)23(4,5)6/h7-20H2,1-6H3. The third-order valence-electron chi connectivity index (χ3n) is 4.17. The summed E-state index contributed by atoms with van der Waals surface area (Å²) in [6.45, 7) is 19.0. The quantitative estimate of drug-likeness (QED) is 0.271. The lowest BCUT2D eigenvalue weighted by atomic mass is 9.89. The van der Waals surface area contributed by atoms with Crippen LogP contribution in [0.2, 0.25) is 0 Å². The molecule has 0 aromatic heterocycles. The van der Waals surface area contributed by atoms with E-state index >= 15 is 0 Å². The summed E-state index contributed by atoms with van der Waals surface area (Å²) in [5.41, 5.74) is 0.0143. The molecule has 0 aromatic rings. The summed E-state index contributed by atoms with van der Waals surface area (Å²) in [4.78, 5) is 11.7. The first kappa shape index (κ1) is 29.4. The smallest absolute Gasteiger partial charge is 0.140 e. The van der Waals surface area contributed by atoms with E-state index in [1.165, 1.54) is 0 Å². The summed E-state index contributed by atoms with van der Waals surface area (Å²) in [5, 5.41) is 0. The van der Waals surface area contributed by atoms with Crippen LogP contribution in [-0.2, 0) is 33.2 Å². The van der Waals surface area contributed by atoms with Crippen molar-refractivity contribution < 1.29 is 33.2 Å². The molecule has 0 N–H and O–H groups in total. The van der Waals surface area contributed by atoms with Gasteiger partial charge in [0.1, 0.15) is 5.78 Å². The first-order valence-electron chi connectivity index (χ1n) is 11.1. The maximum Gasteiger partial charge on any atom is 0.140 e. The lowest BCUT2D eigenvalue weighted by molar-refractivity contribution is -0.127. The van der Waals surface area contributed by atoms with Gasteiger partial charge >= 0.3 is 0 Å². The van der Waals surface area contributed by atoms with E-state index in [1.807, 2.05) is 20.8 Å². The molecule has 0 bridgehead atoms. The molecule has 180 valence electrons. The van der Waals surface area contributed by atoms with Gasteiger partial charge in [-0.15, -0.1) is 0 Å². The van der Waals surface area contributed by atoms with Crippen LogP contribution in [0.5, 0.6) is 0 Å². The molecule has 0 unspecified atom stereocenters. The molecule has 30 heavy (non-hydrogen) atoms. The molecule has 0 spiro atoms. The Kier molecular flexibility index (Phi) is 17.7. The van der Waals surface area contributed by atoms with Gasteiger partial charge in [-0.2, -0.15) is 0 Å². The van der Waals surface area contributed by atoms with Crippen LogP contribution in [0.4, 0.5) is 0 Å². The van der Waals surface area contributed by atoms with Gasteiger partial charge in [0.2, 0.25) is 0 Å². The number of rotatable bonds is 20. The zero-order valence-electron chi connectivity index (χ0n) is 20.3. The Labute approximate surface area is 184 Å². The number of hydrogen-bond acceptors (Lipinski definition) is 7. The van der Waals surface area contributed by atoms with Crippen LogP contribution >= 0.6 is 0 Å². The van der Waals surface area contributed by atoms with Gasteiger partial charge in [-0.25, -0.2) is 0 Å². The monoisotopic (exact) mass is 434 g/mol. The minimum Gasteiger partial charge on any atom is -0.379 e. The number of carbonyl (C=O) groups is 1. The Morgan fingerprint density at radius 3 is 1.10 bits per heavy atom. The van der Waals surface area contributed by atoms with Crippen LogP contribution in [0.1, 0.15) is 54.4 Å². The Morgan fingerprint density at radius 1 is 0.500 bits per heavy atom. The van der Waals surface area contributed by atoms with Crippen LogP contribution in [0.25, 0.3) is 0 Å². The Bertz CT molecular complexity index is 399. The molecule has 0 atom stereocenters. The van der Waals surface area contributed by atoms with Gasteiger partial charge in [0.25, 0.3) is 0 Å². The van der Waals surface area contributed by atoms with Gasteiger partial charge in [0.15, 0.2) is 0 Å². The number of ether oxygens (including phenoxy) is 6. The summed E-state index contributed by atoms with van der Waals surface area (Å²) in [7, 11) is 0. The number of hydrogen-bond donors (Lipinski definition) is 0. The van der Waals surface area contributed by atoms with E-state index < -0.39 is 0 Å². The van der Waals surface area contributed by atoms with Crippen LogP contribution < -0.4 is 0 Å². The van der Waals surface area contributed by atoms with E-state index in [2.05, 4.69) is 20.8 Å². The molecular formula is C23H46O7. The maximum absolute atomic E-state index is 11.7. The largest absolute Gasteiger partial charge is 0.379 e. The van der Waals surface area contributed by atoms with Gasteiger partial charge in [0, 0.05) is 18.4 Å². The van der Waals surface area contributed by atoms with Crippen molar-refractivity contribution in [2.75, 3.05) is 79.3 Å². The molecule has 7 heteroatoms. The second-order valence-electron chi connectivity index (χ2n) is 9.41. The Balaban J connectivity index is 3.14. The second-order valence-corrected chi connectivity index (χ2v) is 9.41. The fourth-order valence-electron chi connectivity index (χ4n) is 2.12. The van der Waals surface area contributed by atoms with Crippen LogP contribution in [0, 0.1) is 10.8 Å². The van der Waals surface area contributed by atoms with Crippen LogP contribution in [0.15, 0.2) is 0 Å². The first-order valence-corrected chi connectivity index (χ1v) is 11.1. The van der Waals surface area contributed by atoms with Crippen molar-refractivity contribution in [1.29, 1.82) is 0 Å². The summed E-state index contributed by atoms with van der Waals surface area (Å²) in [5.74, 6) is 0.214. The molecule has 0 radical (unpaired) electrons.